The van der Waals surface area contributed by atoms with Crippen molar-refractivity contribution in [1.82, 2.24) is 5.32 Å². The molecule has 7 nitrogen and oxygen atoms in total. The first-order valence-electron chi connectivity index (χ1n) is 9.53. The number of carbonyl (C=O) groups is 1. The van der Waals surface area contributed by atoms with E-state index >= 15 is 0 Å². The van der Waals surface area contributed by atoms with Crippen molar-refractivity contribution in [3.05, 3.63) is 53.6 Å². The van der Waals surface area contributed by atoms with Crippen LogP contribution in [0.5, 0.6) is 5.75 Å². The highest BCUT2D eigenvalue weighted by atomic mass is 32.2. The fourth-order valence-electron chi connectivity index (χ4n) is 3.63. The quantitative estimate of drug-likeness (QED) is 0.719. The molecule has 0 aromatic heterocycles. The molecule has 1 amide bonds. The predicted octanol–water partition coefficient (Wildman–Crippen LogP) is 2.22. The number of fused-ring (bicyclic) bond motifs is 1. The van der Waals surface area contributed by atoms with Gasteiger partial charge in [0.05, 0.1) is 24.6 Å². The van der Waals surface area contributed by atoms with Crippen molar-refractivity contribution in [3.63, 3.8) is 0 Å². The van der Waals surface area contributed by atoms with Crippen LogP contribution < -0.4 is 20.1 Å². The van der Waals surface area contributed by atoms with Gasteiger partial charge >= 0.3 is 0 Å². The van der Waals surface area contributed by atoms with Crippen molar-refractivity contribution < 1.29 is 17.9 Å². The van der Waals surface area contributed by atoms with Gasteiger partial charge in [0.2, 0.25) is 15.9 Å². The number of carbonyl (C=O) groups excluding carboxylic acids is 1. The number of rotatable bonds is 7. The number of hydrogen-bond donors (Lipinski definition) is 2. The van der Waals surface area contributed by atoms with Crippen molar-refractivity contribution in [2.45, 2.75) is 31.2 Å². The Labute approximate surface area is 171 Å². The topological polar surface area (TPSA) is 102 Å². The highest BCUT2D eigenvalue weighted by Gasteiger charge is 2.25. The SMILES string of the molecule is COc1ccc([C@@H](NC(=O)CN2CCc3cc(S(N)(=O)=O)ccc32)C(C)C)cc1. The minimum atomic E-state index is -3.73. The van der Waals surface area contributed by atoms with Crippen molar-refractivity contribution in [3.8, 4) is 5.75 Å². The molecule has 8 heteroatoms. The standard InChI is InChI=1S/C21H27N3O4S/c1-14(2)21(15-4-6-17(28-3)7-5-15)23-20(25)13-24-11-10-16-12-18(29(22,26)27)8-9-19(16)24/h4-9,12,14,21H,10-11,13H2,1-3H3,(H,23,25)(H2,22,26,27)/t21-/m0/s1. The molecule has 1 heterocycles. The van der Waals surface area contributed by atoms with E-state index in [4.69, 9.17) is 9.88 Å². The summed E-state index contributed by atoms with van der Waals surface area (Å²) >= 11 is 0. The number of hydrogen-bond acceptors (Lipinski definition) is 5. The monoisotopic (exact) mass is 417 g/mol. The lowest BCUT2D eigenvalue weighted by Gasteiger charge is -2.25. The van der Waals surface area contributed by atoms with E-state index in [9.17, 15) is 13.2 Å². The Morgan fingerprint density at radius 2 is 1.90 bits per heavy atom. The third-order valence-corrected chi connectivity index (χ3v) is 6.07. The number of anilines is 1. The summed E-state index contributed by atoms with van der Waals surface area (Å²) in [6.07, 6.45) is 0.679. The molecule has 0 radical (unpaired) electrons. The van der Waals surface area contributed by atoms with E-state index in [2.05, 4.69) is 19.2 Å². The van der Waals surface area contributed by atoms with Gasteiger partial charge in [0.15, 0.2) is 0 Å². The van der Waals surface area contributed by atoms with E-state index in [1.807, 2.05) is 29.2 Å². The van der Waals surface area contributed by atoms with Crippen LogP contribution in [0.25, 0.3) is 0 Å². The second kappa shape index (κ2) is 8.42. The summed E-state index contributed by atoms with van der Waals surface area (Å²) in [5, 5.41) is 8.34. The molecule has 2 aromatic rings. The highest BCUT2D eigenvalue weighted by Crippen LogP contribution is 2.30. The van der Waals surface area contributed by atoms with E-state index in [1.165, 1.54) is 6.07 Å². The maximum Gasteiger partial charge on any atom is 0.240 e. The Bertz CT molecular complexity index is 987. The number of ether oxygens (including phenoxy) is 1. The van der Waals surface area contributed by atoms with Crippen LogP contribution in [-0.4, -0.2) is 34.5 Å². The van der Waals surface area contributed by atoms with Crippen molar-refractivity contribution >= 4 is 21.6 Å². The van der Waals surface area contributed by atoms with Crippen LogP contribution in [-0.2, 0) is 21.2 Å². The minimum Gasteiger partial charge on any atom is -0.497 e. The Hall–Kier alpha value is -2.58. The molecule has 29 heavy (non-hydrogen) atoms. The zero-order valence-electron chi connectivity index (χ0n) is 16.9. The van der Waals surface area contributed by atoms with E-state index < -0.39 is 10.0 Å². The molecular formula is C21H27N3O4S. The zero-order chi connectivity index (χ0) is 21.2. The van der Waals surface area contributed by atoms with E-state index in [1.54, 1.807) is 19.2 Å². The number of nitrogens with one attached hydrogen (secondary N) is 1. The van der Waals surface area contributed by atoms with E-state index in [0.29, 0.717) is 13.0 Å². The number of nitrogens with two attached hydrogens (primary N) is 1. The maximum atomic E-state index is 12.8. The van der Waals surface area contributed by atoms with E-state index in [0.717, 1.165) is 22.6 Å². The largest absolute Gasteiger partial charge is 0.497 e. The second-order valence-electron chi connectivity index (χ2n) is 7.57. The summed E-state index contributed by atoms with van der Waals surface area (Å²) < 4.78 is 28.3. The predicted molar refractivity (Wildman–Crippen MR) is 112 cm³/mol. The molecule has 1 aliphatic heterocycles. The molecule has 3 N–H and O–H groups in total. The van der Waals surface area contributed by atoms with Gasteiger partial charge in [-0.3, -0.25) is 4.79 Å². The average Bonchev–Trinajstić information content (AvgIpc) is 3.07. The molecule has 0 bridgehead atoms. The van der Waals surface area contributed by atoms with Crippen LogP contribution in [0.3, 0.4) is 0 Å². The summed E-state index contributed by atoms with van der Waals surface area (Å²) in [6.45, 7) is 5.00. The molecule has 0 fully saturated rings. The molecule has 0 aliphatic carbocycles. The van der Waals surface area contributed by atoms with Crippen LogP contribution in [0.2, 0.25) is 0 Å². The van der Waals surface area contributed by atoms with Gasteiger partial charge in [-0.1, -0.05) is 26.0 Å². The molecule has 0 saturated heterocycles. The fraction of sp³-hybridized carbons (Fsp3) is 0.381. The van der Waals surface area contributed by atoms with Crippen molar-refractivity contribution in [2.24, 2.45) is 11.1 Å². The molecule has 2 aromatic carbocycles. The maximum absolute atomic E-state index is 12.8. The minimum absolute atomic E-state index is 0.0807. The molecular weight excluding hydrogens is 390 g/mol. The number of sulfonamides is 1. The fourth-order valence-corrected chi connectivity index (χ4v) is 4.19. The molecule has 156 valence electrons. The van der Waals surface area contributed by atoms with Crippen LogP contribution >= 0.6 is 0 Å². The van der Waals surface area contributed by atoms with Gasteiger partial charge in [0.1, 0.15) is 5.75 Å². The van der Waals surface area contributed by atoms with Gasteiger partial charge < -0.3 is 15.0 Å². The van der Waals surface area contributed by atoms with Gasteiger partial charge in [-0.2, -0.15) is 0 Å². The van der Waals surface area contributed by atoms with Gasteiger partial charge in [-0.25, -0.2) is 13.6 Å². The Morgan fingerprint density at radius 3 is 2.48 bits per heavy atom. The van der Waals surface area contributed by atoms with Crippen molar-refractivity contribution in [2.75, 3.05) is 25.1 Å². The normalized spacial score (nSPS) is 14.6. The number of methoxy groups -OCH3 is 1. The molecule has 0 saturated carbocycles. The van der Waals surface area contributed by atoms with Crippen LogP contribution in [0.4, 0.5) is 5.69 Å². The summed E-state index contributed by atoms with van der Waals surface area (Å²) in [4.78, 5) is 14.8. The first-order valence-corrected chi connectivity index (χ1v) is 11.1. The second-order valence-corrected chi connectivity index (χ2v) is 9.13. The lowest BCUT2D eigenvalue weighted by Crippen LogP contribution is -2.39. The van der Waals surface area contributed by atoms with Crippen LogP contribution in [0, 0.1) is 5.92 Å². The Kier molecular flexibility index (Phi) is 6.14. The van der Waals surface area contributed by atoms with Crippen LogP contribution in [0.15, 0.2) is 47.4 Å². The third-order valence-electron chi connectivity index (χ3n) is 5.16. The van der Waals surface area contributed by atoms with Crippen LogP contribution in [0.1, 0.15) is 31.0 Å². The first kappa shape index (κ1) is 21.1. The third kappa shape index (κ3) is 4.89. The Morgan fingerprint density at radius 1 is 1.21 bits per heavy atom. The van der Waals surface area contributed by atoms with Gasteiger partial charge in [0, 0.05) is 12.2 Å². The number of nitrogens with zero attached hydrogens (tertiary/aromatic N) is 1. The van der Waals surface area contributed by atoms with E-state index in [-0.39, 0.29) is 29.3 Å². The molecule has 3 rings (SSSR count). The smallest absolute Gasteiger partial charge is 0.240 e. The molecule has 0 spiro atoms. The van der Waals surface area contributed by atoms with Gasteiger partial charge in [-0.15, -0.1) is 0 Å². The first-order chi connectivity index (χ1) is 13.7. The number of benzene rings is 2. The molecule has 0 unspecified atom stereocenters. The highest BCUT2D eigenvalue weighted by molar-refractivity contribution is 7.89. The summed E-state index contributed by atoms with van der Waals surface area (Å²) in [5.41, 5.74) is 2.78. The summed E-state index contributed by atoms with van der Waals surface area (Å²) in [7, 11) is -2.11. The summed E-state index contributed by atoms with van der Waals surface area (Å²) in [6, 6.07) is 12.4. The molecule has 1 atom stereocenters. The zero-order valence-corrected chi connectivity index (χ0v) is 17.7. The number of primary sulfonamides is 1. The average molecular weight is 418 g/mol. The Balaban J connectivity index is 1.70. The van der Waals surface area contributed by atoms with Gasteiger partial charge in [0.25, 0.3) is 0 Å². The lowest BCUT2D eigenvalue weighted by atomic mass is 9.96. The number of amides is 1. The summed E-state index contributed by atoms with van der Waals surface area (Å²) in [5.74, 6) is 0.911. The van der Waals surface area contributed by atoms with Gasteiger partial charge in [-0.05, 0) is 53.8 Å². The van der Waals surface area contributed by atoms with Crippen molar-refractivity contribution in [1.29, 1.82) is 0 Å². The lowest BCUT2D eigenvalue weighted by molar-refractivity contribution is -0.120. The molecule has 1 aliphatic rings.